The van der Waals surface area contributed by atoms with E-state index in [0.29, 0.717) is 0 Å². The Morgan fingerprint density at radius 1 is 1.53 bits per heavy atom. The van der Waals surface area contributed by atoms with Crippen molar-refractivity contribution in [2.75, 3.05) is 18.6 Å². The fourth-order valence-corrected chi connectivity index (χ4v) is 3.40. The van der Waals surface area contributed by atoms with E-state index in [2.05, 4.69) is 10.1 Å². The Balaban J connectivity index is 1.85. The van der Waals surface area contributed by atoms with Gasteiger partial charge in [0.2, 0.25) is 0 Å². The number of ether oxygens (including phenoxy) is 1. The Labute approximate surface area is 104 Å². The lowest BCUT2D eigenvalue weighted by molar-refractivity contribution is 0.411. The summed E-state index contributed by atoms with van der Waals surface area (Å²) in [5.41, 5.74) is 0.895. The third-order valence-corrected chi connectivity index (χ3v) is 4.31. The highest BCUT2D eigenvalue weighted by molar-refractivity contribution is 7.99. The second-order valence-electron chi connectivity index (χ2n) is 4.33. The van der Waals surface area contributed by atoms with Crippen molar-refractivity contribution in [2.45, 2.75) is 12.8 Å². The van der Waals surface area contributed by atoms with Crippen LogP contribution in [0.15, 0.2) is 18.3 Å². The molecule has 1 unspecified atom stereocenters. The molecule has 0 N–H and O–H groups in total. The van der Waals surface area contributed by atoms with Crippen molar-refractivity contribution < 1.29 is 4.74 Å². The standard InChI is InChI=1S/C12H15N3OS/c1-16-10-2-3-12-13-11(14-15(12)7-10)6-9-4-5-17-8-9/h2-3,7,9H,4-6,8H2,1H3. The van der Waals surface area contributed by atoms with Crippen molar-refractivity contribution in [3.05, 3.63) is 24.2 Å². The van der Waals surface area contributed by atoms with Crippen LogP contribution in [0.5, 0.6) is 5.75 Å². The van der Waals surface area contributed by atoms with Gasteiger partial charge in [0, 0.05) is 6.42 Å². The van der Waals surface area contributed by atoms with E-state index in [1.165, 1.54) is 17.9 Å². The van der Waals surface area contributed by atoms with Gasteiger partial charge in [-0.2, -0.15) is 16.9 Å². The molecule has 3 heterocycles. The Morgan fingerprint density at radius 3 is 3.24 bits per heavy atom. The van der Waals surface area contributed by atoms with Crippen LogP contribution in [0.3, 0.4) is 0 Å². The van der Waals surface area contributed by atoms with E-state index in [1.807, 2.05) is 30.1 Å². The number of pyridine rings is 1. The number of methoxy groups -OCH3 is 1. The fourth-order valence-electron chi connectivity index (χ4n) is 2.12. The van der Waals surface area contributed by atoms with Crippen LogP contribution in [0.2, 0.25) is 0 Å². The zero-order chi connectivity index (χ0) is 11.7. The monoisotopic (exact) mass is 249 g/mol. The van der Waals surface area contributed by atoms with Crippen LogP contribution in [-0.2, 0) is 6.42 Å². The molecule has 0 bridgehead atoms. The molecule has 4 nitrogen and oxygen atoms in total. The molecular formula is C12H15N3OS. The number of rotatable bonds is 3. The molecule has 1 aliphatic heterocycles. The van der Waals surface area contributed by atoms with Gasteiger partial charge < -0.3 is 4.74 Å². The van der Waals surface area contributed by atoms with Crippen molar-refractivity contribution in [3.8, 4) is 5.75 Å². The van der Waals surface area contributed by atoms with E-state index in [-0.39, 0.29) is 0 Å². The maximum absolute atomic E-state index is 5.17. The molecule has 0 spiro atoms. The smallest absolute Gasteiger partial charge is 0.155 e. The number of thioether (sulfide) groups is 1. The van der Waals surface area contributed by atoms with E-state index in [9.17, 15) is 0 Å². The lowest BCUT2D eigenvalue weighted by Crippen LogP contribution is -2.04. The molecule has 0 aromatic carbocycles. The normalized spacial score (nSPS) is 19.9. The number of hydrogen-bond acceptors (Lipinski definition) is 4. The minimum atomic E-state index is 0.749. The zero-order valence-electron chi connectivity index (χ0n) is 9.80. The van der Waals surface area contributed by atoms with Crippen LogP contribution in [0.4, 0.5) is 0 Å². The molecule has 1 atom stereocenters. The molecule has 1 saturated heterocycles. The molecule has 1 fully saturated rings. The molecule has 3 rings (SSSR count). The van der Waals surface area contributed by atoms with Crippen molar-refractivity contribution >= 4 is 17.4 Å². The Morgan fingerprint density at radius 2 is 2.47 bits per heavy atom. The minimum Gasteiger partial charge on any atom is -0.495 e. The van der Waals surface area contributed by atoms with Gasteiger partial charge >= 0.3 is 0 Å². The first-order valence-corrected chi connectivity index (χ1v) is 6.97. The van der Waals surface area contributed by atoms with Gasteiger partial charge in [0.1, 0.15) is 5.75 Å². The highest BCUT2D eigenvalue weighted by atomic mass is 32.2. The summed E-state index contributed by atoms with van der Waals surface area (Å²) < 4.78 is 6.97. The van der Waals surface area contributed by atoms with Crippen LogP contribution in [0.25, 0.3) is 5.65 Å². The van der Waals surface area contributed by atoms with Gasteiger partial charge in [0.25, 0.3) is 0 Å². The summed E-state index contributed by atoms with van der Waals surface area (Å²) in [4.78, 5) is 4.54. The van der Waals surface area contributed by atoms with Crippen LogP contribution in [0, 0.1) is 5.92 Å². The fraction of sp³-hybridized carbons (Fsp3) is 0.500. The van der Waals surface area contributed by atoms with E-state index in [1.54, 1.807) is 11.6 Å². The number of fused-ring (bicyclic) bond motifs is 1. The minimum absolute atomic E-state index is 0.749. The third-order valence-electron chi connectivity index (χ3n) is 3.08. The molecule has 2 aromatic heterocycles. The molecule has 17 heavy (non-hydrogen) atoms. The lowest BCUT2D eigenvalue weighted by Gasteiger charge is -2.02. The largest absolute Gasteiger partial charge is 0.495 e. The van der Waals surface area contributed by atoms with Gasteiger partial charge in [-0.1, -0.05) is 0 Å². The first kappa shape index (κ1) is 10.9. The molecule has 0 saturated carbocycles. The zero-order valence-corrected chi connectivity index (χ0v) is 10.6. The average Bonchev–Trinajstić information content (AvgIpc) is 2.96. The van der Waals surface area contributed by atoms with Gasteiger partial charge in [-0.3, -0.25) is 0 Å². The molecular weight excluding hydrogens is 234 g/mol. The van der Waals surface area contributed by atoms with Crippen molar-refractivity contribution in [1.82, 2.24) is 14.6 Å². The maximum atomic E-state index is 5.17. The van der Waals surface area contributed by atoms with Crippen LogP contribution in [-0.4, -0.2) is 33.2 Å². The second-order valence-corrected chi connectivity index (χ2v) is 5.48. The summed E-state index contributed by atoms with van der Waals surface area (Å²) in [6.45, 7) is 0. The van der Waals surface area contributed by atoms with E-state index in [0.717, 1.165) is 29.6 Å². The van der Waals surface area contributed by atoms with E-state index < -0.39 is 0 Å². The lowest BCUT2D eigenvalue weighted by atomic mass is 10.1. The van der Waals surface area contributed by atoms with Gasteiger partial charge in [-0.25, -0.2) is 9.50 Å². The molecule has 0 amide bonds. The maximum Gasteiger partial charge on any atom is 0.155 e. The summed E-state index contributed by atoms with van der Waals surface area (Å²) in [6.07, 6.45) is 4.16. The van der Waals surface area contributed by atoms with Crippen LogP contribution in [0.1, 0.15) is 12.2 Å². The summed E-state index contributed by atoms with van der Waals surface area (Å²) in [7, 11) is 1.66. The Hall–Kier alpha value is -1.23. The molecule has 1 aliphatic rings. The average molecular weight is 249 g/mol. The first-order chi connectivity index (χ1) is 8.35. The number of aromatic nitrogens is 3. The van der Waals surface area contributed by atoms with Crippen molar-refractivity contribution in [3.63, 3.8) is 0 Å². The van der Waals surface area contributed by atoms with Gasteiger partial charge in [0.05, 0.1) is 13.3 Å². The van der Waals surface area contributed by atoms with Crippen molar-refractivity contribution in [2.24, 2.45) is 5.92 Å². The summed E-state index contributed by atoms with van der Waals surface area (Å²) in [5, 5.41) is 4.50. The molecule has 0 aliphatic carbocycles. The predicted octanol–water partition coefficient (Wildman–Crippen LogP) is 2.03. The SMILES string of the molecule is COc1ccc2nc(CC3CCSC3)nn2c1. The summed E-state index contributed by atoms with van der Waals surface area (Å²) in [6, 6.07) is 3.86. The van der Waals surface area contributed by atoms with Crippen molar-refractivity contribution in [1.29, 1.82) is 0 Å². The summed E-state index contributed by atoms with van der Waals surface area (Å²) in [5.74, 6) is 5.04. The quantitative estimate of drug-likeness (QED) is 0.834. The molecule has 2 aromatic rings. The molecule has 5 heteroatoms. The van der Waals surface area contributed by atoms with Crippen LogP contribution < -0.4 is 4.74 Å². The first-order valence-electron chi connectivity index (χ1n) is 5.82. The number of hydrogen-bond donors (Lipinski definition) is 0. The third kappa shape index (κ3) is 2.24. The van der Waals surface area contributed by atoms with Crippen LogP contribution >= 0.6 is 11.8 Å². The highest BCUT2D eigenvalue weighted by Gasteiger charge is 2.18. The number of nitrogens with zero attached hydrogens (tertiary/aromatic N) is 3. The van der Waals surface area contributed by atoms with E-state index in [4.69, 9.17) is 4.74 Å². The van der Waals surface area contributed by atoms with Gasteiger partial charge in [-0.15, -0.1) is 0 Å². The van der Waals surface area contributed by atoms with Gasteiger partial charge in [-0.05, 0) is 36.0 Å². The molecule has 0 radical (unpaired) electrons. The molecule has 90 valence electrons. The predicted molar refractivity (Wildman–Crippen MR) is 68.7 cm³/mol. The van der Waals surface area contributed by atoms with Gasteiger partial charge in [0.15, 0.2) is 11.5 Å². The second kappa shape index (κ2) is 4.56. The topological polar surface area (TPSA) is 39.4 Å². The van der Waals surface area contributed by atoms with E-state index >= 15 is 0 Å². The summed E-state index contributed by atoms with van der Waals surface area (Å²) >= 11 is 2.03. The Kier molecular flexibility index (Phi) is 2.93. The highest BCUT2D eigenvalue weighted by Crippen LogP contribution is 2.25. The Bertz CT molecular complexity index is 519.